The minimum atomic E-state index is -0.142. The van der Waals surface area contributed by atoms with E-state index in [1.54, 1.807) is 0 Å². The van der Waals surface area contributed by atoms with Crippen molar-refractivity contribution in [2.45, 2.75) is 58.5 Å². The van der Waals surface area contributed by atoms with Gasteiger partial charge in [0.05, 0.1) is 13.1 Å². The van der Waals surface area contributed by atoms with Gasteiger partial charge in [-0.3, -0.25) is 4.79 Å². The number of carbonyl (C=O) groups excluding carboxylic acids is 1. The van der Waals surface area contributed by atoms with Crippen LogP contribution in [0.3, 0.4) is 0 Å². The van der Waals surface area contributed by atoms with Gasteiger partial charge in [0, 0.05) is 5.54 Å². The summed E-state index contributed by atoms with van der Waals surface area (Å²) in [5, 5.41) is 3.11. The predicted octanol–water partition coefficient (Wildman–Crippen LogP) is 1.83. The number of likely N-dealkylation sites (tertiary alicyclic amines) is 1. The number of quaternary nitrogens is 1. The van der Waals surface area contributed by atoms with Gasteiger partial charge in [-0.1, -0.05) is 30.3 Å². The van der Waals surface area contributed by atoms with E-state index in [0.717, 1.165) is 19.0 Å². The topological polar surface area (TPSA) is 33.5 Å². The minimum absolute atomic E-state index is 0.0527. The average molecular weight is 303 g/mol. The quantitative estimate of drug-likeness (QED) is 0.874. The van der Waals surface area contributed by atoms with Gasteiger partial charge in [0.15, 0.2) is 6.04 Å². The first-order valence-corrected chi connectivity index (χ1v) is 8.55. The first-order valence-electron chi connectivity index (χ1n) is 8.55. The summed E-state index contributed by atoms with van der Waals surface area (Å²) >= 11 is 0. The molecule has 1 heterocycles. The largest absolute Gasteiger partial charge is 0.346 e. The van der Waals surface area contributed by atoms with Crippen LogP contribution in [-0.4, -0.2) is 30.6 Å². The van der Waals surface area contributed by atoms with Crippen LogP contribution in [0.25, 0.3) is 0 Å². The lowest BCUT2D eigenvalue weighted by Crippen LogP contribution is -3.17. The number of hydrogen-bond acceptors (Lipinski definition) is 1. The molecule has 1 saturated heterocycles. The van der Waals surface area contributed by atoms with E-state index in [2.05, 4.69) is 42.6 Å². The fourth-order valence-corrected chi connectivity index (χ4v) is 3.30. The maximum atomic E-state index is 12.3. The van der Waals surface area contributed by atoms with Gasteiger partial charge >= 0.3 is 0 Å². The molecule has 1 aromatic carbocycles. The summed E-state index contributed by atoms with van der Waals surface area (Å²) in [5.74, 6) is 0.952. The lowest BCUT2D eigenvalue weighted by molar-refractivity contribution is -0.920. The molecule has 0 spiro atoms. The molecule has 1 fully saturated rings. The third-order valence-corrected chi connectivity index (χ3v) is 4.62. The van der Waals surface area contributed by atoms with E-state index in [1.807, 2.05) is 20.8 Å². The van der Waals surface area contributed by atoms with E-state index in [0.29, 0.717) is 0 Å². The normalized spacial score (nSPS) is 23.8. The molecule has 0 aromatic heterocycles. The van der Waals surface area contributed by atoms with E-state index >= 15 is 0 Å². The Kier molecular flexibility index (Phi) is 5.63. The van der Waals surface area contributed by atoms with Crippen molar-refractivity contribution in [3.8, 4) is 0 Å². The number of amides is 1. The average Bonchev–Trinajstić information content (AvgIpc) is 2.46. The van der Waals surface area contributed by atoms with Crippen molar-refractivity contribution in [3.05, 3.63) is 35.9 Å². The molecular formula is C19H31N2O+. The molecule has 1 aliphatic rings. The zero-order chi connectivity index (χ0) is 16.2. The van der Waals surface area contributed by atoms with Gasteiger partial charge < -0.3 is 10.2 Å². The summed E-state index contributed by atoms with van der Waals surface area (Å²) in [6, 6.07) is 10.8. The van der Waals surface area contributed by atoms with E-state index < -0.39 is 0 Å². The lowest BCUT2D eigenvalue weighted by Gasteiger charge is -2.34. The summed E-state index contributed by atoms with van der Waals surface area (Å²) in [6.07, 6.45) is 3.62. The van der Waals surface area contributed by atoms with Crippen LogP contribution in [0, 0.1) is 5.92 Å². The monoisotopic (exact) mass is 303 g/mol. The zero-order valence-corrected chi connectivity index (χ0v) is 14.5. The summed E-state index contributed by atoms with van der Waals surface area (Å²) in [6.45, 7) is 10.4. The molecule has 1 atom stereocenters. The Bertz CT molecular complexity index is 470. The molecule has 1 amide bonds. The molecule has 3 heteroatoms. The second-order valence-electron chi connectivity index (χ2n) is 7.75. The summed E-state index contributed by atoms with van der Waals surface area (Å²) in [5.41, 5.74) is 1.30. The van der Waals surface area contributed by atoms with Crippen molar-refractivity contribution in [1.29, 1.82) is 0 Å². The smallest absolute Gasteiger partial charge is 0.278 e. The van der Waals surface area contributed by atoms with Crippen molar-refractivity contribution in [2.24, 2.45) is 5.92 Å². The summed E-state index contributed by atoms with van der Waals surface area (Å²) in [7, 11) is 0. The third kappa shape index (κ3) is 5.13. The van der Waals surface area contributed by atoms with Crippen LogP contribution in [-0.2, 0) is 11.2 Å². The lowest BCUT2D eigenvalue weighted by atomic mass is 9.89. The molecule has 22 heavy (non-hydrogen) atoms. The predicted molar refractivity (Wildman–Crippen MR) is 90.9 cm³/mol. The highest BCUT2D eigenvalue weighted by Crippen LogP contribution is 2.16. The molecule has 0 saturated carbocycles. The number of rotatable bonds is 4. The molecule has 2 rings (SSSR count). The molecule has 0 unspecified atom stereocenters. The molecule has 122 valence electrons. The fraction of sp³-hybridized carbons (Fsp3) is 0.632. The van der Waals surface area contributed by atoms with E-state index in [-0.39, 0.29) is 17.5 Å². The number of benzene rings is 1. The van der Waals surface area contributed by atoms with Crippen LogP contribution in [0.5, 0.6) is 0 Å². The Morgan fingerprint density at radius 1 is 1.23 bits per heavy atom. The molecule has 0 bridgehead atoms. The molecule has 3 nitrogen and oxygen atoms in total. The molecule has 0 aliphatic carbocycles. The van der Waals surface area contributed by atoms with Crippen LogP contribution in [0.15, 0.2) is 30.3 Å². The van der Waals surface area contributed by atoms with Gasteiger partial charge in [-0.05, 0) is 58.4 Å². The Hall–Kier alpha value is -1.35. The number of piperidine rings is 1. The Balaban J connectivity index is 1.80. The molecular weight excluding hydrogens is 272 g/mol. The highest BCUT2D eigenvalue weighted by atomic mass is 16.2. The number of carbonyl (C=O) groups is 1. The molecule has 0 radical (unpaired) electrons. The summed E-state index contributed by atoms with van der Waals surface area (Å²) in [4.78, 5) is 13.7. The second kappa shape index (κ2) is 7.28. The zero-order valence-electron chi connectivity index (χ0n) is 14.5. The molecule has 1 aromatic rings. The summed E-state index contributed by atoms with van der Waals surface area (Å²) < 4.78 is 0. The van der Waals surface area contributed by atoms with Crippen molar-refractivity contribution in [1.82, 2.24) is 5.32 Å². The van der Waals surface area contributed by atoms with Crippen LogP contribution in [0.2, 0.25) is 0 Å². The molecule has 2 N–H and O–H groups in total. The highest BCUT2D eigenvalue weighted by Gasteiger charge is 2.31. The Morgan fingerprint density at radius 2 is 1.82 bits per heavy atom. The fourth-order valence-electron chi connectivity index (χ4n) is 3.30. The van der Waals surface area contributed by atoms with Gasteiger partial charge in [-0.2, -0.15) is 0 Å². The van der Waals surface area contributed by atoms with Crippen molar-refractivity contribution in [2.75, 3.05) is 13.1 Å². The van der Waals surface area contributed by atoms with Crippen molar-refractivity contribution < 1.29 is 9.69 Å². The van der Waals surface area contributed by atoms with Crippen molar-refractivity contribution >= 4 is 5.91 Å². The Labute approximate surface area is 135 Å². The third-order valence-electron chi connectivity index (χ3n) is 4.62. The molecule has 1 aliphatic heterocycles. The van der Waals surface area contributed by atoms with E-state index in [4.69, 9.17) is 0 Å². The highest BCUT2D eigenvalue weighted by molar-refractivity contribution is 5.80. The van der Waals surface area contributed by atoms with E-state index in [9.17, 15) is 4.79 Å². The van der Waals surface area contributed by atoms with Gasteiger partial charge in [-0.25, -0.2) is 0 Å². The van der Waals surface area contributed by atoms with Crippen molar-refractivity contribution in [3.63, 3.8) is 0 Å². The van der Waals surface area contributed by atoms with E-state index in [1.165, 1.54) is 29.7 Å². The maximum Gasteiger partial charge on any atom is 0.278 e. The van der Waals surface area contributed by atoms with Crippen LogP contribution in [0.1, 0.15) is 46.1 Å². The van der Waals surface area contributed by atoms with Gasteiger partial charge in [0.2, 0.25) is 0 Å². The Morgan fingerprint density at radius 3 is 2.36 bits per heavy atom. The van der Waals surface area contributed by atoms with Gasteiger partial charge in [0.25, 0.3) is 5.91 Å². The first-order chi connectivity index (χ1) is 10.3. The van der Waals surface area contributed by atoms with Gasteiger partial charge in [0.1, 0.15) is 0 Å². The minimum Gasteiger partial charge on any atom is -0.346 e. The SMILES string of the molecule is C[C@H](C(=O)NC(C)(C)C)[NH+]1CCC(Cc2ccccc2)CC1. The first kappa shape index (κ1) is 17.0. The number of nitrogens with one attached hydrogen (secondary N) is 2. The van der Waals surface area contributed by atoms with Crippen LogP contribution in [0.4, 0.5) is 0 Å². The second-order valence-corrected chi connectivity index (χ2v) is 7.75. The van der Waals surface area contributed by atoms with Crippen LogP contribution >= 0.6 is 0 Å². The number of hydrogen-bond donors (Lipinski definition) is 2. The standard InChI is InChI=1S/C19H30N2O/c1-15(18(22)20-19(2,3)4)21-12-10-17(11-13-21)14-16-8-6-5-7-9-16/h5-9,15,17H,10-14H2,1-4H3,(H,20,22)/p+1/t15-/m1/s1. The van der Waals surface area contributed by atoms with Crippen LogP contribution < -0.4 is 10.2 Å². The van der Waals surface area contributed by atoms with Gasteiger partial charge in [-0.15, -0.1) is 0 Å². The maximum absolute atomic E-state index is 12.3.